The zero-order valence-corrected chi connectivity index (χ0v) is 80.4. The van der Waals surface area contributed by atoms with Crippen LogP contribution in [-0.2, 0) is 51.2 Å². The molecule has 12 heterocycles. The highest BCUT2D eigenvalue weighted by Crippen LogP contribution is 2.92. The molecule has 3 aliphatic heterocycles. The number of anilines is 3. The Labute approximate surface area is 758 Å². The van der Waals surface area contributed by atoms with E-state index in [-0.39, 0.29) is 124 Å². The third kappa shape index (κ3) is 20.2. The molecular formula is C85H116F6N18O12S6. The Morgan fingerprint density at radius 2 is 0.795 bits per heavy atom. The first-order valence-corrected chi connectivity index (χ1v) is 45.5. The highest BCUT2D eigenvalue weighted by Gasteiger charge is 2.86. The quantitative estimate of drug-likeness (QED) is 0.0473. The largest absolute Gasteiger partial charge is 0.476 e. The van der Waals surface area contributed by atoms with Crippen LogP contribution in [0.5, 0.6) is 17.6 Å². The van der Waals surface area contributed by atoms with Gasteiger partial charge in [-0.25, -0.2) is 68.4 Å². The van der Waals surface area contributed by atoms with E-state index in [9.17, 15) is 66.0 Å². The van der Waals surface area contributed by atoms with Crippen molar-refractivity contribution >= 4 is 106 Å². The third-order valence-electron chi connectivity index (χ3n) is 25.2. The zero-order chi connectivity index (χ0) is 90.9. The van der Waals surface area contributed by atoms with Gasteiger partial charge in [0.25, 0.3) is 47.8 Å². The van der Waals surface area contributed by atoms with Gasteiger partial charge in [-0.3, -0.25) is 14.4 Å². The molecule has 3 aliphatic carbocycles. The number of pyridine rings is 3. The van der Waals surface area contributed by atoms with E-state index in [0.29, 0.717) is 88.9 Å². The number of fused-ring (bicyclic) bond motifs is 1. The molecule has 0 bridgehead atoms. The topological polar surface area (TPSA) is 334 Å². The zero-order valence-electron chi connectivity index (χ0n) is 74.9. The minimum absolute atomic E-state index is 0. The van der Waals surface area contributed by atoms with Crippen LogP contribution in [0.4, 0.5) is 43.8 Å². The molecule has 15 rings (SSSR count). The number of sulfonamides is 3. The van der Waals surface area contributed by atoms with Gasteiger partial charge in [-0.2, -0.15) is 66.8 Å². The van der Waals surface area contributed by atoms with E-state index in [4.69, 9.17) is 29.2 Å². The summed E-state index contributed by atoms with van der Waals surface area (Å²) in [7, 11) is -7.26. The first-order chi connectivity index (χ1) is 57.4. The Balaban J connectivity index is 0.000000196. The summed E-state index contributed by atoms with van der Waals surface area (Å²) in [6.07, 6.45) is 10.3. The summed E-state index contributed by atoms with van der Waals surface area (Å²) in [6.45, 7) is 30.8. The minimum Gasteiger partial charge on any atom is -0.476 e. The van der Waals surface area contributed by atoms with Crippen LogP contribution in [-0.4, -0.2) is 169 Å². The van der Waals surface area contributed by atoms with Crippen molar-refractivity contribution in [2.24, 2.45) is 66.5 Å². The average Bonchev–Trinajstić information content (AvgIpc) is 1.44. The van der Waals surface area contributed by atoms with E-state index < -0.39 is 95.3 Å². The molecule has 3 saturated carbocycles. The van der Waals surface area contributed by atoms with E-state index in [1.807, 2.05) is 49.8 Å². The fourth-order valence-corrected chi connectivity index (χ4v) is 22.0. The first-order valence-electron chi connectivity index (χ1n) is 41.1. The molecule has 6 aliphatic rings. The van der Waals surface area contributed by atoms with Gasteiger partial charge in [-0.15, -0.1) is 15.3 Å². The minimum atomic E-state index is -4.45. The number of alkyl halides is 6. The van der Waals surface area contributed by atoms with Gasteiger partial charge in [0, 0.05) is 136 Å². The monoisotopic (exact) mass is 1890 g/mol. The first kappa shape index (κ1) is 99.8. The molecule has 696 valence electrons. The normalized spacial score (nSPS) is 19.0. The molecule has 127 heavy (non-hydrogen) atoms. The van der Waals surface area contributed by atoms with Gasteiger partial charge < -0.3 is 42.6 Å². The number of aryl methyl sites for hydroxylation is 5. The fourth-order valence-electron chi connectivity index (χ4n) is 18.1. The standard InChI is InChI=1S/C30H38N6O4S.C28H37F3N6O4S.C27H35F3N6O4S.3H2S/c1-19-14-28(3,4)35(15-19)26-21(27(37)33-41(38,39)22-17-34(5)16-20(22)2)6-7-24(31-26)36-13-8-25(32-36)40-18-23-29(9-10-29)30(23)11-12-30;1-17-13-27(6,7)36(14-17)24-20(25(38)34-42(39,40)23-18(2)15-35(8)19(23)3)9-10-21(32-24)37-12-11-22(33-37)41-16-26(4,5)28(29,30)31;1-17-14-26(5,6)35(15-17)23-19(24(37)33-41(38,39)20-10-12-34(7)18(20)2)8-9-21(31-23)36-13-11-22(32-36)40-16-25(3,4)27(28,29)30;;;/h6-8,13,16-17,19,23H,9-12,14-15,18H2,1-5H3,(H,33,37);9-12,15,17H,13-14,16H2,1-8H3,(H,34,38);8-13,17H,14-16H2,1-7H3,(H,33,37);3*1H2/t19-;2*17-;;;/m000.../s1. The summed E-state index contributed by atoms with van der Waals surface area (Å²) in [5.41, 5.74) is -1.69. The predicted octanol–water partition coefficient (Wildman–Crippen LogP) is 14.1. The van der Waals surface area contributed by atoms with Gasteiger partial charge in [0.1, 0.15) is 45.4 Å². The van der Waals surface area contributed by atoms with Crippen LogP contribution in [0.1, 0.15) is 189 Å². The van der Waals surface area contributed by atoms with Crippen molar-refractivity contribution < 1.29 is 80.2 Å². The van der Waals surface area contributed by atoms with Gasteiger partial charge >= 0.3 is 12.4 Å². The second kappa shape index (κ2) is 35.5. The van der Waals surface area contributed by atoms with Gasteiger partial charge in [0.2, 0.25) is 17.6 Å². The fraction of sp³-hybridized carbons (Fsp3) is 0.541. The van der Waals surface area contributed by atoms with Crippen LogP contribution in [0.2, 0.25) is 0 Å². The van der Waals surface area contributed by atoms with Crippen molar-refractivity contribution in [3.63, 3.8) is 0 Å². The van der Waals surface area contributed by atoms with E-state index in [1.165, 1.54) is 96.1 Å². The smallest absolute Gasteiger partial charge is 0.397 e. The summed E-state index contributed by atoms with van der Waals surface area (Å²) in [4.78, 5) is 61.0. The Morgan fingerprint density at radius 3 is 1.09 bits per heavy atom. The lowest BCUT2D eigenvalue weighted by Gasteiger charge is -2.34. The number of nitrogens with one attached hydrogen (secondary N) is 3. The summed E-state index contributed by atoms with van der Waals surface area (Å²) in [5.74, 6) is 1.82. The van der Waals surface area contributed by atoms with Crippen LogP contribution in [0.15, 0.2) is 119 Å². The maximum Gasteiger partial charge on any atom is 0.397 e. The number of halogens is 6. The number of ether oxygens (including phenoxy) is 3. The van der Waals surface area contributed by atoms with Crippen molar-refractivity contribution in [2.45, 2.75) is 206 Å². The Bertz CT molecular complexity index is 5960. The highest BCUT2D eigenvalue weighted by molar-refractivity contribution is 7.90. The molecule has 9 aromatic heterocycles. The number of carbonyl (C=O) groups is 3. The van der Waals surface area contributed by atoms with Crippen molar-refractivity contribution in [2.75, 3.05) is 54.2 Å². The Morgan fingerprint density at radius 1 is 0.449 bits per heavy atom. The Kier molecular flexibility index (Phi) is 27.9. The van der Waals surface area contributed by atoms with E-state index in [1.54, 1.807) is 97.9 Å². The van der Waals surface area contributed by atoms with E-state index in [2.05, 4.69) is 69.0 Å². The summed E-state index contributed by atoms with van der Waals surface area (Å²) >= 11 is 0. The van der Waals surface area contributed by atoms with Crippen LogP contribution in [0.3, 0.4) is 0 Å². The lowest BCUT2D eigenvalue weighted by molar-refractivity contribution is -0.220. The summed E-state index contributed by atoms with van der Waals surface area (Å²) in [5, 5.41) is 13.1. The molecule has 9 aromatic rings. The van der Waals surface area contributed by atoms with Crippen molar-refractivity contribution in [3.05, 3.63) is 143 Å². The molecular weight excluding hydrogens is 1770 g/mol. The maximum atomic E-state index is 13.5. The highest BCUT2D eigenvalue weighted by atomic mass is 32.2. The molecule has 42 heteroatoms. The van der Waals surface area contributed by atoms with Crippen molar-refractivity contribution in [1.82, 2.24) is 72.2 Å². The van der Waals surface area contributed by atoms with Gasteiger partial charge in [-0.05, 0) is 224 Å². The number of rotatable bonds is 24. The van der Waals surface area contributed by atoms with Gasteiger partial charge in [0.05, 0.1) is 34.1 Å². The number of hydrogen-bond acceptors (Lipinski definition) is 21. The number of hydrogen-bond donors (Lipinski definition) is 3. The van der Waals surface area contributed by atoms with E-state index in [0.717, 1.165) is 47.0 Å². The maximum absolute atomic E-state index is 13.5. The lowest BCUT2D eigenvalue weighted by atomic mass is 9.94. The molecule has 3 saturated heterocycles. The molecule has 6 fully saturated rings. The molecule has 3 atom stereocenters. The van der Waals surface area contributed by atoms with Crippen LogP contribution in [0, 0.1) is 73.0 Å². The molecule has 30 nitrogen and oxygen atoms in total. The van der Waals surface area contributed by atoms with Gasteiger partial charge in [0.15, 0.2) is 17.5 Å². The molecule has 3 N–H and O–H groups in total. The third-order valence-corrected chi connectivity index (χ3v) is 29.7. The summed E-state index contributed by atoms with van der Waals surface area (Å²) < 4.78 is 191. The Hall–Kier alpha value is -9.39. The lowest BCUT2D eigenvalue weighted by Crippen LogP contribution is -2.41. The number of amides is 3. The molecule has 0 radical (unpaired) electrons. The SMILES string of the molecule is Cc1c(S(=O)(=O)NC(=O)c2ccc(-n3ccc(OCC(C)(C)C(F)(F)F)n3)nc2N2C[C@@H](C)CC2(C)C)ccn1C.Cc1cn(C)c(C)c1S(=O)(=O)NC(=O)c1ccc(-n2ccc(OCC(C)(C)C(F)(F)F)n2)nc1N1C[C@@H](C)CC1(C)C.Cc1cn(C)cc1S(=O)(=O)NC(=O)c1ccc(-n2ccc(OCC3C4(CC4)C34CC4)n2)nc1N1C[C@@H](C)CC1(C)C.S.S.S. The van der Waals surface area contributed by atoms with Gasteiger partial charge in [-0.1, -0.05) is 20.8 Å². The van der Waals surface area contributed by atoms with Crippen LogP contribution in [0.25, 0.3) is 17.5 Å². The number of aromatic nitrogens is 12. The van der Waals surface area contributed by atoms with E-state index >= 15 is 0 Å². The van der Waals surface area contributed by atoms with Crippen LogP contribution < -0.4 is 43.1 Å². The van der Waals surface area contributed by atoms with Crippen molar-refractivity contribution in [3.8, 4) is 35.1 Å². The number of carbonyl (C=O) groups excluding carboxylic acids is 3. The number of nitrogens with zero attached hydrogens (tertiary/aromatic N) is 15. The van der Waals surface area contributed by atoms with Crippen LogP contribution >= 0.6 is 40.5 Å². The summed E-state index contributed by atoms with van der Waals surface area (Å²) in [6, 6.07) is 15.4. The average molecular weight is 1890 g/mol. The second-order valence-electron chi connectivity index (χ2n) is 37.6. The molecule has 2 spiro atoms. The predicted molar refractivity (Wildman–Crippen MR) is 483 cm³/mol. The molecule has 0 unspecified atom stereocenters. The molecule has 0 aromatic carbocycles. The van der Waals surface area contributed by atoms with Crippen molar-refractivity contribution in [1.29, 1.82) is 0 Å². The molecule has 3 amide bonds. The second-order valence-corrected chi connectivity index (χ2v) is 42.5.